The second kappa shape index (κ2) is 6.68. The summed E-state index contributed by atoms with van der Waals surface area (Å²) in [5.41, 5.74) is 7.11. The minimum atomic E-state index is -0.0840. The Morgan fingerprint density at radius 2 is 1.80 bits per heavy atom. The van der Waals surface area contributed by atoms with Gasteiger partial charge in [-0.1, -0.05) is 23.9 Å². The number of rotatable bonds is 5. The molecule has 0 spiro atoms. The average molecular weight is 289 g/mol. The van der Waals surface area contributed by atoms with Gasteiger partial charge in [-0.2, -0.15) is 0 Å². The molecule has 1 atom stereocenters. The molecule has 0 heterocycles. The molecule has 0 saturated carbocycles. The highest BCUT2D eigenvalue weighted by Gasteiger charge is 2.14. The Morgan fingerprint density at radius 1 is 1.05 bits per heavy atom. The average Bonchev–Trinajstić information content (AvgIpc) is 2.46. The highest BCUT2D eigenvalue weighted by Crippen LogP contribution is 2.38. The van der Waals surface area contributed by atoms with Gasteiger partial charge in [-0.3, -0.25) is 0 Å². The molecular weight excluding hydrogens is 270 g/mol. The fourth-order valence-corrected chi connectivity index (χ4v) is 3.15. The first-order chi connectivity index (χ1) is 9.65. The molecule has 0 amide bonds. The van der Waals surface area contributed by atoms with Crippen molar-refractivity contribution in [3.05, 3.63) is 48.0 Å². The van der Waals surface area contributed by atoms with Crippen molar-refractivity contribution in [1.82, 2.24) is 0 Å². The molecule has 0 radical (unpaired) electrons. The van der Waals surface area contributed by atoms with Crippen molar-refractivity contribution in [2.75, 3.05) is 14.2 Å². The first-order valence-electron chi connectivity index (χ1n) is 6.40. The molecule has 2 aromatic carbocycles. The maximum absolute atomic E-state index is 6.08. The van der Waals surface area contributed by atoms with Gasteiger partial charge in [-0.25, -0.2) is 0 Å². The van der Waals surface area contributed by atoms with Gasteiger partial charge in [0.05, 0.1) is 14.2 Å². The van der Waals surface area contributed by atoms with E-state index in [1.54, 1.807) is 26.0 Å². The SMILES string of the molecule is COc1cccc(Sc2cccc(OC)c2[C@@H](C)N)c1. The fraction of sp³-hybridized carbons (Fsp3) is 0.250. The number of nitrogens with two attached hydrogens (primary N) is 1. The van der Waals surface area contributed by atoms with E-state index in [-0.39, 0.29) is 6.04 Å². The molecule has 0 bridgehead atoms. The summed E-state index contributed by atoms with van der Waals surface area (Å²) in [6.07, 6.45) is 0. The lowest BCUT2D eigenvalue weighted by Gasteiger charge is -2.16. The summed E-state index contributed by atoms with van der Waals surface area (Å²) in [5.74, 6) is 1.67. The van der Waals surface area contributed by atoms with E-state index in [0.717, 1.165) is 26.9 Å². The van der Waals surface area contributed by atoms with Gasteiger partial charge >= 0.3 is 0 Å². The Morgan fingerprint density at radius 3 is 2.45 bits per heavy atom. The van der Waals surface area contributed by atoms with Crippen molar-refractivity contribution in [2.24, 2.45) is 5.73 Å². The molecule has 2 aromatic rings. The molecule has 20 heavy (non-hydrogen) atoms. The van der Waals surface area contributed by atoms with E-state index in [1.165, 1.54) is 0 Å². The summed E-state index contributed by atoms with van der Waals surface area (Å²) in [4.78, 5) is 2.21. The minimum absolute atomic E-state index is 0.0840. The van der Waals surface area contributed by atoms with E-state index in [1.807, 2.05) is 37.3 Å². The van der Waals surface area contributed by atoms with Crippen molar-refractivity contribution < 1.29 is 9.47 Å². The Balaban J connectivity index is 2.37. The second-order valence-corrected chi connectivity index (χ2v) is 5.56. The first kappa shape index (κ1) is 14.8. The van der Waals surface area contributed by atoms with Gasteiger partial charge < -0.3 is 15.2 Å². The summed E-state index contributed by atoms with van der Waals surface area (Å²) in [7, 11) is 3.34. The van der Waals surface area contributed by atoms with Crippen LogP contribution in [0.5, 0.6) is 11.5 Å². The van der Waals surface area contributed by atoms with Crippen molar-refractivity contribution in [2.45, 2.75) is 22.8 Å². The van der Waals surface area contributed by atoms with E-state index in [4.69, 9.17) is 15.2 Å². The van der Waals surface area contributed by atoms with E-state index < -0.39 is 0 Å². The van der Waals surface area contributed by atoms with Gasteiger partial charge in [0.25, 0.3) is 0 Å². The normalized spacial score (nSPS) is 12.0. The Hall–Kier alpha value is -1.65. The molecule has 0 aliphatic heterocycles. The van der Waals surface area contributed by atoms with Crippen LogP contribution in [0.1, 0.15) is 18.5 Å². The highest BCUT2D eigenvalue weighted by molar-refractivity contribution is 7.99. The zero-order chi connectivity index (χ0) is 14.5. The monoisotopic (exact) mass is 289 g/mol. The molecular formula is C16H19NO2S. The standard InChI is InChI=1S/C16H19NO2S/c1-11(17)16-14(19-3)8-5-9-15(16)20-13-7-4-6-12(10-13)18-2/h4-11H,17H2,1-3H3/t11-/m1/s1. The third kappa shape index (κ3) is 3.26. The highest BCUT2D eigenvalue weighted by atomic mass is 32.2. The second-order valence-electron chi connectivity index (χ2n) is 4.44. The molecule has 0 unspecified atom stereocenters. The molecule has 0 aliphatic carbocycles. The van der Waals surface area contributed by atoms with E-state index in [9.17, 15) is 0 Å². The van der Waals surface area contributed by atoms with Gasteiger partial charge in [0.1, 0.15) is 11.5 Å². The molecule has 4 heteroatoms. The summed E-state index contributed by atoms with van der Waals surface area (Å²) in [5, 5.41) is 0. The van der Waals surface area contributed by atoms with Crippen LogP contribution in [0.15, 0.2) is 52.3 Å². The van der Waals surface area contributed by atoms with Gasteiger partial charge in [0.2, 0.25) is 0 Å². The quantitative estimate of drug-likeness (QED) is 0.907. The summed E-state index contributed by atoms with van der Waals surface area (Å²) >= 11 is 1.66. The summed E-state index contributed by atoms with van der Waals surface area (Å²) in [6.45, 7) is 1.97. The van der Waals surface area contributed by atoms with E-state index in [0.29, 0.717) is 0 Å². The van der Waals surface area contributed by atoms with Crippen LogP contribution in [0.3, 0.4) is 0 Å². The van der Waals surface area contributed by atoms with Crippen LogP contribution in [0.2, 0.25) is 0 Å². The van der Waals surface area contributed by atoms with E-state index in [2.05, 4.69) is 12.1 Å². The van der Waals surface area contributed by atoms with Crippen LogP contribution >= 0.6 is 11.8 Å². The predicted octanol–water partition coefficient (Wildman–Crippen LogP) is 3.87. The van der Waals surface area contributed by atoms with Crippen molar-refractivity contribution in [3.63, 3.8) is 0 Å². The van der Waals surface area contributed by atoms with Gasteiger partial charge in [0, 0.05) is 21.4 Å². The van der Waals surface area contributed by atoms with Crippen LogP contribution in [0.4, 0.5) is 0 Å². The molecule has 0 aliphatic rings. The largest absolute Gasteiger partial charge is 0.497 e. The first-order valence-corrected chi connectivity index (χ1v) is 7.21. The van der Waals surface area contributed by atoms with E-state index >= 15 is 0 Å². The predicted molar refractivity (Wildman–Crippen MR) is 82.7 cm³/mol. The lowest BCUT2D eigenvalue weighted by Crippen LogP contribution is -2.08. The van der Waals surface area contributed by atoms with Crippen LogP contribution < -0.4 is 15.2 Å². The maximum Gasteiger partial charge on any atom is 0.124 e. The van der Waals surface area contributed by atoms with Crippen LogP contribution in [0.25, 0.3) is 0 Å². The van der Waals surface area contributed by atoms with Crippen LogP contribution in [-0.2, 0) is 0 Å². The van der Waals surface area contributed by atoms with Gasteiger partial charge in [-0.15, -0.1) is 0 Å². The number of hydrogen-bond donors (Lipinski definition) is 1. The lowest BCUT2D eigenvalue weighted by molar-refractivity contribution is 0.405. The number of ether oxygens (including phenoxy) is 2. The molecule has 0 saturated heterocycles. The Labute approximate surface area is 124 Å². The molecule has 2 N–H and O–H groups in total. The molecule has 0 aromatic heterocycles. The van der Waals surface area contributed by atoms with Crippen molar-refractivity contribution in [1.29, 1.82) is 0 Å². The third-order valence-electron chi connectivity index (χ3n) is 2.97. The van der Waals surface area contributed by atoms with Gasteiger partial charge in [-0.05, 0) is 37.3 Å². The maximum atomic E-state index is 6.08. The van der Waals surface area contributed by atoms with Crippen LogP contribution in [0, 0.1) is 0 Å². The Kier molecular flexibility index (Phi) is 4.93. The fourth-order valence-electron chi connectivity index (χ4n) is 2.03. The minimum Gasteiger partial charge on any atom is -0.497 e. The Bertz CT molecular complexity index is 584. The molecule has 106 valence electrons. The summed E-state index contributed by atoms with van der Waals surface area (Å²) in [6, 6.07) is 13.9. The number of methoxy groups -OCH3 is 2. The van der Waals surface area contributed by atoms with Gasteiger partial charge in [0.15, 0.2) is 0 Å². The zero-order valence-electron chi connectivity index (χ0n) is 11.9. The summed E-state index contributed by atoms with van der Waals surface area (Å²) < 4.78 is 10.7. The van der Waals surface area contributed by atoms with Crippen molar-refractivity contribution >= 4 is 11.8 Å². The lowest BCUT2D eigenvalue weighted by atomic mass is 10.1. The molecule has 3 nitrogen and oxygen atoms in total. The zero-order valence-corrected chi connectivity index (χ0v) is 12.7. The third-order valence-corrected chi connectivity index (χ3v) is 4.04. The number of benzene rings is 2. The number of hydrogen-bond acceptors (Lipinski definition) is 4. The van der Waals surface area contributed by atoms with Crippen LogP contribution in [-0.4, -0.2) is 14.2 Å². The smallest absolute Gasteiger partial charge is 0.124 e. The molecule has 0 fully saturated rings. The van der Waals surface area contributed by atoms with Crippen molar-refractivity contribution in [3.8, 4) is 11.5 Å². The molecule has 2 rings (SSSR count). The topological polar surface area (TPSA) is 44.5 Å².